The highest BCUT2D eigenvalue weighted by Crippen LogP contribution is 2.19. The number of aromatic nitrogens is 2. The van der Waals surface area contributed by atoms with E-state index in [0.29, 0.717) is 0 Å². The second kappa shape index (κ2) is 4.45. The van der Waals surface area contributed by atoms with Gasteiger partial charge < -0.3 is 9.67 Å². The molecule has 2 aromatic heterocycles. The Kier molecular flexibility index (Phi) is 3.02. The van der Waals surface area contributed by atoms with Crippen molar-refractivity contribution in [3.05, 3.63) is 30.1 Å². The number of hydrogen-bond donors (Lipinski definition) is 1. The molecule has 2 rings (SSSR count). The molecule has 0 bridgehead atoms. The molecule has 3 nitrogen and oxygen atoms in total. The lowest BCUT2D eigenvalue weighted by Gasteiger charge is -2.01. The van der Waals surface area contributed by atoms with Crippen LogP contribution in [0.1, 0.15) is 25.3 Å². The van der Waals surface area contributed by atoms with Gasteiger partial charge in [0.25, 0.3) is 0 Å². The van der Waals surface area contributed by atoms with Gasteiger partial charge in [0, 0.05) is 29.9 Å². The van der Waals surface area contributed by atoms with Crippen LogP contribution in [-0.4, -0.2) is 14.7 Å². The summed E-state index contributed by atoms with van der Waals surface area (Å²) in [7, 11) is 0. The first kappa shape index (κ1) is 10.2. The summed E-state index contributed by atoms with van der Waals surface area (Å²) in [5.74, 6) is 0. The summed E-state index contributed by atoms with van der Waals surface area (Å²) < 4.78 is 2.13. The molecule has 0 unspecified atom stereocenters. The van der Waals surface area contributed by atoms with Crippen LogP contribution in [-0.2, 0) is 13.2 Å². The van der Waals surface area contributed by atoms with Crippen LogP contribution in [0.25, 0.3) is 11.0 Å². The lowest BCUT2D eigenvalue weighted by Crippen LogP contribution is -1.96. The lowest BCUT2D eigenvalue weighted by molar-refractivity contribution is 0.283. The predicted molar refractivity (Wildman–Crippen MR) is 60.6 cm³/mol. The fraction of sp³-hybridized carbons (Fsp3) is 0.417. The number of pyridine rings is 1. The molecule has 0 amide bonds. The van der Waals surface area contributed by atoms with E-state index < -0.39 is 0 Å². The van der Waals surface area contributed by atoms with Gasteiger partial charge in [-0.25, -0.2) is 4.98 Å². The number of fused-ring (bicyclic) bond motifs is 1. The number of nitrogens with zero attached hydrogens (tertiary/aromatic N) is 2. The molecular weight excluding hydrogens is 188 g/mol. The number of unbranched alkanes of at least 4 members (excludes halogenated alkanes) is 1. The SMILES string of the molecule is CCCCn1cc(CO)c2cccnc21. The zero-order valence-corrected chi connectivity index (χ0v) is 8.98. The van der Waals surface area contributed by atoms with Gasteiger partial charge in [-0.1, -0.05) is 13.3 Å². The minimum atomic E-state index is 0.0846. The average molecular weight is 204 g/mol. The maximum absolute atomic E-state index is 9.23. The Morgan fingerprint density at radius 1 is 1.47 bits per heavy atom. The third kappa shape index (κ3) is 1.88. The summed E-state index contributed by atoms with van der Waals surface area (Å²) in [6, 6.07) is 3.92. The van der Waals surface area contributed by atoms with Crippen molar-refractivity contribution < 1.29 is 5.11 Å². The van der Waals surface area contributed by atoms with E-state index in [9.17, 15) is 5.11 Å². The Morgan fingerprint density at radius 2 is 2.33 bits per heavy atom. The van der Waals surface area contributed by atoms with E-state index in [4.69, 9.17) is 0 Å². The Morgan fingerprint density at radius 3 is 3.07 bits per heavy atom. The summed E-state index contributed by atoms with van der Waals surface area (Å²) in [4.78, 5) is 4.35. The molecule has 0 fully saturated rings. The molecule has 2 aromatic rings. The molecule has 0 atom stereocenters. The number of aryl methyl sites for hydroxylation is 1. The number of aliphatic hydroxyl groups excluding tert-OH is 1. The van der Waals surface area contributed by atoms with Gasteiger partial charge in [-0.05, 0) is 18.6 Å². The Hall–Kier alpha value is -1.35. The largest absolute Gasteiger partial charge is 0.392 e. The van der Waals surface area contributed by atoms with Crippen LogP contribution in [0.15, 0.2) is 24.5 Å². The zero-order chi connectivity index (χ0) is 10.7. The van der Waals surface area contributed by atoms with Gasteiger partial charge in [-0.2, -0.15) is 0 Å². The van der Waals surface area contributed by atoms with Crippen LogP contribution in [0.2, 0.25) is 0 Å². The minimum absolute atomic E-state index is 0.0846. The minimum Gasteiger partial charge on any atom is -0.392 e. The molecule has 0 aliphatic carbocycles. The van der Waals surface area contributed by atoms with Crippen molar-refractivity contribution in [3.8, 4) is 0 Å². The van der Waals surface area contributed by atoms with Gasteiger partial charge in [-0.3, -0.25) is 0 Å². The van der Waals surface area contributed by atoms with Gasteiger partial charge >= 0.3 is 0 Å². The summed E-state index contributed by atoms with van der Waals surface area (Å²) in [5.41, 5.74) is 1.95. The second-order valence-corrected chi connectivity index (χ2v) is 3.73. The van der Waals surface area contributed by atoms with Gasteiger partial charge in [-0.15, -0.1) is 0 Å². The number of aliphatic hydroxyl groups is 1. The molecule has 15 heavy (non-hydrogen) atoms. The second-order valence-electron chi connectivity index (χ2n) is 3.73. The first-order chi connectivity index (χ1) is 7.36. The average Bonchev–Trinajstić information content (AvgIpc) is 2.65. The van der Waals surface area contributed by atoms with E-state index in [2.05, 4.69) is 16.5 Å². The molecule has 0 radical (unpaired) electrons. The van der Waals surface area contributed by atoms with Crippen molar-refractivity contribution >= 4 is 11.0 Å². The lowest BCUT2D eigenvalue weighted by atomic mass is 10.2. The number of rotatable bonds is 4. The van der Waals surface area contributed by atoms with Crippen molar-refractivity contribution in [1.82, 2.24) is 9.55 Å². The van der Waals surface area contributed by atoms with E-state index in [1.165, 1.54) is 6.42 Å². The van der Waals surface area contributed by atoms with Gasteiger partial charge in [0.15, 0.2) is 0 Å². The normalized spacial score (nSPS) is 11.1. The zero-order valence-electron chi connectivity index (χ0n) is 8.98. The van der Waals surface area contributed by atoms with Crippen LogP contribution < -0.4 is 0 Å². The topological polar surface area (TPSA) is 38.0 Å². The van der Waals surface area contributed by atoms with Crippen LogP contribution >= 0.6 is 0 Å². The highest BCUT2D eigenvalue weighted by molar-refractivity contribution is 5.80. The third-order valence-electron chi connectivity index (χ3n) is 2.64. The Labute approximate surface area is 89.4 Å². The standard InChI is InChI=1S/C12H16N2O/c1-2-3-7-14-8-10(9-15)11-5-4-6-13-12(11)14/h4-6,8,15H,2-3,7,9H2,1H3. The molecule has 0 aromatic carbocycles. The third-order valence-corrected chi connectivity index (χ3v) is 2.64. The smallest absolute Gasteiger partial charge is 0.140 e. The fourth-order valence-corrected chi connectivity index (χ4v) is 1.82. The Balaban J connectivity index is 2.45. The molecule has 2 heterocycles. The van der Waals surface area contributed by atoms with Crippen LogP contribution in [0.5, 0.6) is 0 Å². The summed E-state index contributed by atoms with van der Waals surface area (Å²) in [6.45, 7) is 3.23. The van der Waals surface area contributed by atoms with Crippen molar-refractivity contribution in [3.63, 3.8) is 0 Å². The first-order valence-corrected chi connectivity index (χ1v) is 5.40. The van der Waals surface area contributed by atoms with Gasteiger partial charge in [0.1, 0.15) is 5.65 Å². The van der Waals surface area contributed by atoms with E-state index >= 15 is 0 Å². The molecule has 0 aliphatic heterocycles. The number of hydrogen-bond acceptors (Lipinski definition) is 2. The molecule has 1 N–H and O–H groups in total. The van der Waals surface area contributed by atoms with Gasteiger partial charge in [0.2, 0.25) is 0 Å². The first-order valence-electron chi connectivity index (χ1n) is 5.40. The van der Waals surface area contributed by atoms with Crippen molar-refractivity contribution in [2.45, 2.75) is 32.9 Å². The van der Waals surface area contributed by atoms with Gasteiger partial charge in [0.05, 0.1) is 6.61 Å². The molecule has 3 heteroatoms. The van der Waals surface area contributed by atoms with Crippen molar-refractivity contribution in [2.75, 3.05) is 0 Å². The van der Waals surface area contributed by atoms with Crippen molar-refractivity contribution in [1.29, 1.82) is 0 Å². The molecule has 0 saturated heterocycles. The summed E-state index contributed by atoms with van der Waals surface area (Å²) in [5, 5.41) is 10.3. The molecule has 0 aliphatic rings. The molecule has 0 spiro atoms. The summed E-state index contributed by atoms with van der Waals surface area (Å²) in [6.07, 6.45) is 6.12. The van der Waals surface area contributed by atoms with Crippen LogP contribution in [0, 0.1) is 0 Å². The Bertz CT molecular complexity index is 448. The van der Waals surface area contributed by atoms with Crippen LogP contribution in [0.3, 0.4) is 0 Å². The molecular formula is C12H16N2O. The van der Waals surface area contributed by atoms with Crippen molar-refractivity contribution in [2.24, 2.45) is 0 Å². The summed E-state index contributed by atoms with van der Waals surface area (Å²) >= 11 is 0. The quantitative estimate of drug-likeness (QED) is 0.830. The molecule has 0 saturated carbocycles. The van der Waals surface area contributed by atoms with Crippen LogP contribution in [0.4, 0.5) is 0 Å². The fourth-order valence-electron chi connectivity index (χ4n) is 1.82. The van der Waals surface area contributed by atoms with E-state index in [1.54, 1.807) is 6.20 Å². The maximum Gasteiger partial charge on any atom is 0.140 e. The van der Waals surface area contributed by atoms with E-state index in [-0.39, 0.29) is 6.61 Å². The predicted octanol–water partition coefficient (Wildman–Crippen LogP) is 2.33. The monoisotopic (exact) mass is 204 g/mol. The maximum atomic E-state index is 9.23. The van der Waals surface area contributed by atoms with E-state index in [0.717, 1.165) is 29.6 Å². The van der Waals surface area contributed by atoms with E-state index in [1.807, 2.05) is 18.3 Å². The molecule has 80 valence electrons. The highest BCUT2D eigenvalue weighted by Gasteiger charge is 2.07. The highest BCUT2D eigenvalue weighted by atomic mass is 16.3.